The fourth-order valence-corrected chi connectivity index (χ4v) is 4.56. The number of hydrogen-bond acceptors (Lipinski definition) is 6. The third-order valence-corrected chi connectivity index (χ3v) is 6.66. The molecule has 1 fully saturated rings. The predicted octanol–water partition coefficient (Wildman–Crippen LogP) is 3.13. The molecule has 2 amide bonds. The summed E-state index contributed by atoms with van der Waals surface area (Å²) in [5.74, 6) is -1.38. The summed E-state index contributed by atoms with van der Waals surface area (Å²) in [7, 11) is 0. The van der Waals surface area contributed by atoms with E-state index in [-0.39, 0.29) is 36.3 Å². The molecule has 9 nitrogen and oxygen atoms in total. The summed E-state index contributed by atoms with van der Waals surface area (Å²) >= 11 is 0. The third-order valence-electron chi connectivity index (χ3n) is 6.66. The van der Waals surface area contributed by atoms with Gasteiger partial charge in [0.05, 0.1) is 23.6 Å². The Morgan fingerprint density at radius 1 is 1.00 bits per heavy atom. The Kier molecular flexibility index (Phi) is 8.52. The van der Waals surface area contributed by atoms with E-state index >= 15 is 0 Å². The number of piperazine rings is 1. The minimum atomic E-state index is -0.635. The molecule has 1 N–H and O–H groups in total. The Bertz CT molecular complexity index is 1310. The second-order valence-corrected chi connectivity index (χ2v) is 9.23. The van der Waals surface area contributed by atoms with E-state index < -0.39 is 5.97 Å². The number of aromatic nitrogens is 2. The van der Waals surface area contributed by atoms with Crippen LogP contribution in [0.2, 0.25) is 0 Å². The van der Waals surface area contributed by atoms with Crippen LogP contribution in [0.5, 0.6) is 0 Å². The first-order valence-electron chi connectivity index (χ1n) is 12.6. The molecule has 0 aliphatic carbocycles. The lowest BCUT2D eigenvalue weighted by Crippen LogP contribution is -2.51. The number of carbonyl (C=O) groups is 3. The number of esters is 1. The van der Waals surface area contributed by atoms with Crippen LogP contribution in [0.3, 0.4) is 0 Å². The summed E-state index contributed by atoms with van der Waals surface area (Å²) in [5, 5.41) is 7.35. The van der Waals surface area contributed by atoms with E-state index in [0.717, 1.165) is 17.7 Å². The van der Waals surface area contributed by atoms with Crippen LogP contribution in [0.1, 0.15) is 34.2 Å². The highest BCUT2D eigenvalue weighted by Gasteiger charge is 2.25. The Morgan fingerprint density at radius 2 is 1.68 bits per heavy atom. The van der Waals surface area contributed by atoms with E-state index in [1.807, 2.05) is 36.1 Å². The highest BCUT2D eigenvalue weighted by Crippen LogP contribution is 2.20. The summed E-state index contributed by atoms with van der Waals surface area (Å²) in [6, 6.07) is 13.5. The molecule has 2 aromatic carbocycles. The molecule has 1 aromatic heterocycles. The van der Waals surface area contributed by atoms with Crippen molar-refractivity contribution >= 4 is 23.5 Å². The van der Waals surface area contributed by atoms with Crippen molar-refractivity contribution in [2.75, 3.05) is 44.6 Å². The molecule has 1 saturated heterocycles. The molecule has 2 heterocycles. The summed E-state index contributed by atoms with van der Waals surface area (Å²) in [6.07, 6.45) is 0.831. The molecule has 4 rings (SSSR count). The van der Waals surface area contributed by atoms with E-state index in [4.69, 9.17) is 4.74 Å². The maximum Gasteiger partial charge on any atom is 0.342 e. The number of hydrogen-bond donors (Lipinski definition) is 1. The molecule has 1 aliphatic rings. The van der Waals surface area contributed by atoms with Gasteiger partial charge in [-0.3, -0.25) is 14.5 Å². The van der Waals surface area contributed by atoms with Gasteiger partial charge < -0.3 is 15.0 Å². The van der Waals surface area contributed by atoms with Crippen molar-refractivity contribution in [3.05, 3.63) is 76.9 Å². The van der Waals surface area contributed by atoms with Crippen LogP contribution in [0, 0.1) is 19.7 Å². The van der Waals surface area contributed by atoms with Crippen molar-refractivity contribution in [3.63, 3.8) is 0 Å². The van der Waals surface area contributed by atoms with Gasteiger partial charge in [-0.15, -0.1) is 0 Å². The van der Waals surface area contributed by atoms with E-state index in [1.165, 1.54) is 12.1 Å². The van der Waals surface area contributed by atoms with Crippen molar-refractivity contribution in [3.8, 4) is 5.69 Å². The third kappa shape index (κ3) is 6.25. The molecule has 3 aromatic rings. The number of nitrogens with zero attached hydrogens (tertiary/aromatic N) is 4. The number of carbonyl (C=O) groups excluding carboxylic acids is 3. The topological polar surface area (TPSA) is 96.8 Å². The smallest absolute Gasteiger partial charge is 0.342 e. The monoisotopic (exact) mass is 521 g/mol. The van der Waals surface area contributed by atoms with Gasteiger partial charge in [0.15, 0.2) is 6.61 Å². The average molecular weight is 522 g/mol. The minimum Gasteiger partial charge on any atom is -0.452 e. The first-order valence-corrected chi connectivity index (χ1v) is 12.6. The number of aryl methyl sites for hydroxylation is 2. The van der Waals surface area contributed by atoms with Crippen LogP contribution in [-0.2, 0) is 20.7 Å². The Hall–Kier alpha value is -4.05. The molecule has 0 bridgehead atoms. The number of nitrogens with one attached hydrogen (secondary N) is 1. The summed E-state index contributed by atoms with van der Waals surface area (Å²) in [6.45, 7) is 7.28. The Morgan fingerprint density at radius 3 is 2.37 bits per heavy atom. The zero-order valence-corrected chi connectivity index (χ0v) is 21.9. The highest BCUT2D eigenvalue weighted by molar-refractivity contribution is 5.94. The normalized spacial score (nSPS) is 13.8. The zero-order valence-electron chi connectivity index (χ0n) is 21.9. The van der Waals surface area contributed by atoms with Crippen molar-refractivity contribution in [1.82, 2.24) is 19.6 Å². The molecule has 0 unspecified atom stereocenters. The lowest BCUT2D eigenvalue weighted by Gasteiger charge is -2.34. The summed E-state index contributed by atoms with van der Waals surface area (Å²) in [5.41, 5.74) is 3.80. The Balaban J connectivity index is 1.26. The Labute approximate surface area is 221 Å². The molecule has 0 radical (unpaired) electrons. The van der Waals surface area contributed by atoms with Gasteiger partial charge >= 0.3 is 5.97 Å². The highest BCUT2D eigenvalue weighted by atomic mass is 19.1. The second kappa shape index (κ2) is 12.0. The summed E-state index contributed by atoms with van der Waals surface area (Å²) < 4.78 is 20.1. The van der Waals surface area contributed by atoms with Crippen molar-refractivity contribution < 1.29 is 23.5 Å². The van der Waals surface area contributed by atoms with Crippen LogP contribution < -0.4 is 5.32 Å². The first-order chi connectivity index (χ1) is 18.3. The maximum atomic E-state index is 13.3. The van der Waals surface area contributed by atoms with Gasteiger partial charge in [-0.05, 0) is 56.2 Å². The largest absolute Gasteiger partial charge is 0.452 e. The number of amides is 2. The molecule has 0 atom stereocenters. The summed E-state index contributed by atoms with van der Waals surface area (Å²) in [4.78, 5) is 41.6. The number of halogens is 1. The first kappa shape index (κ1) is 27.0. The van der Waals surface area contributed by atoms with Gasteiger partial charge in [-0.1, -0.05) is 25.1 Å². The molecule has 1 aliphatic heterocycles. The van der Waals surface area contributed by atoms with E-state index in [1.54, 1.807) is 35.6 Å². The number of benzene rings is 2. The van der Waals surface area contributed by atoms with Crippen molar-refractivity contribution in [2.24, 2.45) is 0 Å². The standard InChI is InChI=1S/C28H32FN5O4/c1-4-21-7-5-6-8-24(21)30-25(35)17-32-13-15-33(16-14-32)26(36)18-38-28(37)27-19(2)31-34(20(27)3)23-11-9-22(29)10-12-23/h5-12H,4,13-18H2,1-3H3,(H,30,35). The predicted molar refractivity (Wildman–Crippen MR) is 141 cm³/mol. The zero-order chi connectivity index (χ0) is 27.2. The van der Waals surface area contributed by atoms with Crippen LogP contribution in [0.15, 0.2) is 48.5 Å². The van der Waals surface area contributed by atoms with Crippen molar-refractivity contribution in [2.45, 2.75) is 27.2 Å². The molecule has 0 spiro atoms. The minimum absolute atomic E-state index is 0.0912. The van der Waals surface area contributed by atoms with E-state index in [0.29, 0.717) is 43.3 Å². The van der Waals surface area contributed by atoms with Crippen LogP contribution in [-0.4, -0.2) is 76.7 Å². The average Bonchev–Trinajstić information content (AvgIpc) is 3.21. The maximum absolute atomic E-state index is 13.3. The second-order valence-electron chi connectivity index (χ2n) is 9.23. The van der Waals surface area contributed by atoms with Crippen LogP contribution in [0.4, 0.5) is 10.1 Å². The lowest BCUT2D eigenvalue weighted by atomic mass is 10.1. The van der Waals surface area contributed by atoms with Gasteiger partial charge in [-0.2, -0.15) is 5.10 Å². The van der Waals surface area contributed by atoms with E-state index in [9.17, 15) is 18.8 Å². The number of ether oxygens (including phenoxy) is 1. The molecule has 0 saturated carbocycles. The van der Waals surface area contributed by atoms with Gasteiger partial charge in [0.1, 0.15) is 11.4 Å². The van der Waals surface area contributed by atoms with Gasteiger partial charge in [0.25, 0.3) is 5.91 Å². The fourth-order valence-electron chi connectivity index (χ4n) is 4.56. The van der Waals surface area contributed by atoms with Gasteiger partial charge in [0.2, 0.25) is 5.91 Å². The lowest BCUT2D eigenvalue weighted by molar-refractivity contribution is -0.136. The molecular weight excluding hydrogens is 489 g/mol. The number of para-hydroxylation sites is 1. The molecule has 200 valence electrons. The van der Waals surface area contributed by atoms with Gasteiger partial charge in [0, 0.05) is 31.9 Å². The van der Waals surface area contributed by atoms with Crippen LogP contribution >= 0.6 is 0 Å². The molecule has 10 heteroatoms. The number of rotatable bonds is 8. The molecular formula is C28H32FN5O4. The molecule has 38 heavy (non-hydrogen) atoms. The quantitative estimate of drug-likeness (QED) is 0.458. The fraction of sp³-hybridized carbons (Fsp3) is 0.357. The van der Waals surface area contributed by atoms with E-state index in [2.05, 4.69) is 10.4 Å². The van der Waals surface area contributed by atoms with Crippen molar-refractivity contribution in [1.29, 1.82) is 0 Å². The number of anilines is 1. The van der Waals surface area contributed by atoms with Gasteiger partial charge in [-0.25, -0.2) is 13.9 Å². The van der Waals surface area contributed by atoms with Crippen LogP contribution in [0.25, 0.3) is 5.69 Å². The SMILES string of the molecule is CCc1ccccc1NC(=O)CN1CCN(C(=O)COC(=O)c2c(C)nn(-c3ccc(F)cc3)c2C)CC1.